The zero-order valence-electron chi connectivity index (χ0n) is 12.3. The Hall–Kier alpha value is -2.56. The van der Waals surface area contributed by atoms with Crippen LogP contribution >= 0.6 is 0 Å². The summed E-state index contributed by atoms with van der Waals surface area (Å²) in [5.74, 6) is 0.350. The quantitative estimate of drug-likeness (QED) is 0.797. The molecule has 3 rings (SSSR count). The van der Waals surface area contributed by atoms with Crippen molar-refractivity contribution in [2.75, 3.05) is 13.2 Å². The van der Waals surface area contributed by atoms with E-state index in [0.717, 1.165) is 11.1 Å². The molecule has 1 aliphatic rings. The van der Waals surface area contributed by atoms with Crippen LogP contribution in [-0.2, 0) is 14.4 Å². The van der Waals surface area contributed by atoms with E-state index in [-0.39, 0.29) is 6.10 Å². The number of hydrogen-bond acceptors (Lipinski definition) is 5. The normalized spacial score (nSPS) is 17.0. The molecular weight excluding hydrogens is 282 g/mol. The molecule has 1 heterocycles. The van der Waals surface area contributed by atoms with E-state index < -0.39 is 5.97 Å². The first kappa shape index (κ1) is 14.4. The van der Waals surface area contributed by atoms with Crippen LogP contribution in [0, 0.1) is 0 Å². The number of carbonyl (C=O) groups is 1. The monoisotopic (exact) mass is 299 g/mol. The van der Waals surface area contributed by atoms with Gasteiger partial charge in [-0.2, -0.15) is 0 Å². The number of nitrogens with zero attached hydrogens (tertiary/aromatic N) is 1. The average molecular weight is 299 g/mol. The van der Waals surface area contributed by atoms with Crippen LogP contribution < -0.4 is 4.74 Å². The van der Waals surface area contributed by atoms with Gasteiger partial charge in [-0.25, -0.2) is 4.79 Å². The van der Waals surface area contributed by atoms with Crippen molar-refractivity contribution >= 4 is 22.5 Å². The minimum Gasteiger partial charge on any atom is -0.490 e. The van der Waals surface area contributed by atoms with Gasteiger partial charge in [-0.3, -0.25) is 0 Å². The summed E-state index contributed by atoms with van der Waals surface area (Å²) in [5.41, 5.74) is 0.314. The fourth-order valence-corrected chi connectivity index (χ4v) is 2.30. The maximum atomic E-state index is 11.5. The van der Waals surface area contributed by atoms with Crippen molar-refractivity contribution in [1.29, 1.82) is 0 Å². The molecule has 0 radical (unpaired) electrons. The third-order valence-electron chi connectivity index (χ3n) is 3.40. The van der Waals surface area contributed by atoms with E-state index in [1.54, 1.807) is 6.92 Å². The van der Waals surface area contributed by atoms with Crippen LogP contribution in [-0.4, -0.2) is 31.0 Å². The Morgan fingerprint density at radius 3 is 2.91 bits per heavy atom. The first-order valence-electron chi connectivity index (χ1n) is 7.27. The number of ether oxygens (including phenoxy) is 2. The van der Waals surface area contributed by atoms with E-state index in [2.05, 4.69) is 11.2 Å². The smallest absolute Gasteiger partial charge is 0.356 e. The average Bonchev–Trinajstić information content (AvgIpc) is 3.02. The minimum absolute atomic E-state index is 0.258. The number of fused-ring (bicyclic) bond motifs is 1. The lowest BCUT2D eigenvalue weighted by molar-refractivity contribution is -0.135. The van der Waals surface area contributed by atoms with Gasteiger partial charge >= 0.3 is 5.97 Å². The molecule has 22 heavy (non-hydrogen) atoms. The minimum atomic E-state index is -0.421. The number of benzene rings is 2. The molecule has 0 saturated carbocycles. The van der Waals surface area contributed by atoms with E-state index in [4.69, 9.17) is 14.3 Å². The van der Waals surface area contributed by atoms with Gasteiger partial charge < -0.3 is 14.3 Å². The first-order valence-corrected chi connectivity index (χ1v) is 7.27. The second-order valence-electron chi connectivity index (χ2n) is 5.01. The Morgan fingerprint density at radius 1 is 1.27 bits per heavy atom. The Balaban J connectivity index is 1.56. The molecule has 0 saturated heterocycles. The summed E-state index contributed by atoms with van der Waals surface area (Å²) in [6.07, 6.45) is 0.151. The van der Waals surface area contributed by atoms with E-state index in [1.165, 1.54) is 5.39 Å². The van der Waals surface area contributed by atoms with Crippen LogP contribution in [0.25, 0.3) is 10.8 Å². The lowest BCUT2D eigenvalue weighted by Crippen LogP contribution is -2.22. The second kappa shape index (κ2) is 6.47. The molecule has 114 valence electrons. The van der Waals surface area contributed by atoms with Crippen molar-refractivity contribution in [3.8, 4) is 5.75 Å². The Labute approximate surface area is 128 Å². The largest absolute Gasteiger partial charge is 0.490 e. The molecule has 0 aliphatic carbocycles. The molecular formula is C17H17NO4. The lowest BCUT2D eigenvalue weighted by Gasteiger charge is -2.11. The summed E-state index contributed by atoms with van der Waals surface area (Å²) >= 11 is 0. The van der Waals surface area contributed by atoms with E-state index in [9.17, 15) is 4.79 Å². The molecule has 0 bridgehead atoms. The number of esters is 1. The third kappa shape index (κ3) is 3.19. The zero-order chi connectivity index (χ0) is 15.4. The molecule has 5 heteroatoms. The van der Waals surface area contributed by atoms with Crippen LogP contribution in [0.3, 0.4) is 0 Å². The van der Waals surface area contributed by atoms with Crippen molar-refractivity contribution in [3.05, 3.63) is 42.5 Å². The molecule has 0 aromatic heterocycles. The molecule has 0 spiro atoms. The van der Waals surface area contributed by atoms with Gasteiger partial charge in [-0.05, 0) is 29.8 Å². The Morgan fingerprint density at radius 2 is 2.09 bits per heavy atom. The van der Waals surface area contributed by atoms with Crippen molar-refractivity contribution < 1.29 is 19.1 Å². The van der Waals surface area contributed by atoms with Gasteiger partial charge in [0.15, 0.2) is 11.8 Å². The first-order chi connectivity index (χ1) is 10.8. The fourth-order valence-electron chi connectivity index (χ4n) is 2.30. The highest BCUT2D eigenvalue weighted by Crippen LogP contribution is 2.21. The summed E-state index contributed by atoms with van der Waals surface area (Å²) in [5, 5.41) is 6.05. The maximum absolute atomic E-state index is 11.5. The highest BCUT2D eigenvalue weighted by molar-refractivity contribution is 6.36. The maximum Gasteiger partial charge on any atom is 0.356 e. The highest BCUT2D eigenvalue weighted by atomic mass is 16.7. The van der Waals surface area contributed by atoms with Gasteiger partial charge in [-0.15, -0.1) is 0 Å². The summed E-state index contributed by atoms with van der Waals surface area (Å²) in [6.45, 7) is 2.43. The predicted octanol–water partition coefficient (Wildman–Crippen LogP) is 2.93. The molecule has 0 N–H and O–H groups in total. The highest BCUT2D eigenvalue weighted by Gasteiger charge is 2.27. The van der Waals surface area contributed by atoms with Crippen LogP contribution in [0.1, 0.15) is 13.3 Å². The van der Waals surface area contributed by atoms with Crippen molar-refractivity contribution in [3.63, 3.8) is 0 Å². The number of oxime groups is 1. The molecule has 1 atom stereocenters. The van der Waals surface area contributed by atoms with Crippen molar-refractivity contribution in [1.82, 2.24) is 0 Å². The topological polar surface area (TPSA) is 57.1 Å². The van der Waals surface area contributed by atoms with Crippen LogP contribution in [0.2, 0.25) is 0 Å². The summed E-state index contributed by atoms with van der Waals surface area (Å²) in [7, 11) is 0. The van der Waals surface area contributed by atoms with Gasteiger partial charge in [-0.1, -0.05) is 35.5 Å². The molecule has 1 aliphatic heterocycles. The predicted molar refractivity (Wildman–Crippen MR) is 83.0 cm³/mol. The van der Waals surface area contributed by atoms with Crippen molar-refractivity contribution in [2.45, 2.75) is 19.4 Å². The summed E-state index contributed by atoms with van der Waals surface area (Å²) in [4.78, 5) is 16.7. The lowest BCUT2D eigenvalue weighted by atomic mass is 10.1. The fraction of sp³-hybridized carbons (Fsp3) is 0.294. The number of hydrogen-bond donors (Lipinski definition) is 0. The van der Waals surface area contributed by atoms with Crippen LogP contribution in [0.15, 0.2) is 47.6 Å². The second-order valence-corrected chi connectivity index (χ2v) is 5.01. The molecule has 2 aromatic carbocycles. The molecule has 2 aromatic rings. The van der Waals surface area contributed by atoms with Crippen molar-refractivity contribution in [2.24, 2.45) is 5.16 Å². The number of rotatable bonds is 5. The SMILES string of the molecule is CCOC(=O)C1=NOC(COc2ccc3ccccc3c2)C1. The van der Waals surface area contributed by atoms with Crippen LogP contribution in [0.5, 0.6) is 5.75 Å². The van der Waals surface area contributed by atoms with E-state index in [0.29, 0.717) is 25.3 Å². The van der Waals surface area contributed by atoms with Gasteiger partial charge in [0.1, 0.15) is 12.4 Å². The molecule has 0 amide bonds. The number of carbonyl (C=O) groups excluding carboxylic acids is 1. The van der Waals surface area contributed by atoms with Gasteiger partial charge in [0.05, 0.1) is 6.61 Å². The molecule has 5 nitrogen and oxygen atoms in total. The van der Waals surface area contributed by atoms with E-state index in [1.807, 2.05) is 36.4 Å². The Kier molecular flexibility index (Phi) is 4.23. The zero-order valence-corrected chi connectivity index (χ0v) is 12.3. The van der Waals surface area contributed by atoms with Crippen LogP contribution in [0.4, 0.5) is 0 Å². The van der Waals surface area contributed by atoms with E-state index >= 15 is 0 Å². The molecule has 0 fully saturated rings. The standard InChI is InChI=1S/C17H17NO4/c1-2-20-17(19)16-10-15(22-18-16)11-21-14-8-7-12-5-3-4-6-13(12)9-14/h3-9,15H,2,10-11H2,1H3. The summed E-state index contributed by atoms with van der Waals surface area (Å²) in [6, 6.07) is 14.0. The Bertz CT molecular complexity index is 711. The van der Waals surface area contributed by atoms with Gasteiger partial charge in [0, 0.05) is 6.42 Å². The molecule has 1 unspecified atom stereocenters. The van der Waals surface area contributed by atoms with Gasteiger partial charge in [0.25, 0.3) is 0 Å². The third-order valence-corrected chi connectivity index (χ3v) is 3.40. The van der Waals surface area contributed by atoms with Gasteiger partial charge in [0.2, 0.25) is 0 Å². The summed E-state index contributed by atoms with van der Waals surface area (Å²) < 4.78 is 10.6.